The van der Waals surface area contributed by atoms with E-state index in [-0.39, 0.29) is 0 Å². The predicted molar refractivity (Wildman–Crippen MR) is 38.3 cm³/mol. The van der Waals surface area contributed by atoms with Crippen molar-refractivity contribution < 1.29 is 31.1 Å². The van der Waals surface area contributed by atoms with Gasteiger partial charge in [0.15, 0.2) is 0 Å². The van der Waals surface area contributed by atoms with Gasteiger partial charge >= 0.3 is 18.4 Å². The highest BCUT2D eigenvalue weighted by atomic mass is 19.4. The molecule has 2 N–H and O–H groups in total. The van der Waals surface area contributed by atoms with E-state index in [1.54, 1.807) is 0 Å². The fourth-order valence-corrected chi connectivity index (χ4v) is 2.27. The first-order chi connectivity index (χ1) is 7.12. The first-order valence-corrected chi connectivity index (χ1v) is 4.33. The predicted octanol–water partition coefficient (Wildman–Crippen LogP) is 1.41. The van der Waals surface area contributed by atoms with Crippen LogP contribution in [0, 0.1) is 11.8 Å². The lowest BCUT2D eigenvalue weighted by Crippen LogP contribution is -2.68. The number of carbonyl (C=O) groups excluding carboxylic acids is 1. The van der Waals surface area contributed by atoms with Crippen molar-refractivity contribution in [3.05, 3.63) is 0 Å². The summed E-state index contributed by atoms with van der Waals surface area (Å²) in [7, 11) is 0. The second-order valence-electron chi connectivity index (χ2n) is 3.80. The average molecular weight is 248 g/mol. The molecule has 16 heavy (non-hydrogen) atoms. The van der Waals surface area contributed by atoms with E-state index in [4.69, 9.17) is 0 Å². The van der Waals surface area contributed by atoms with Crippen LogP contribution in [-0.2, 0) is 0 Å². The normalized spacial score (nSPS) is 38.5. The maximum absolute atomic E-state index is 12.4. The van der Waals surface area contributed by atoms with E-state index in [1.807, 2.05) is 10.6 Å². The zero-order valence-electron chi connectivity index (χ0n) is 7.49. The third-order valence-corrected chi connectivity index (χ3v) is 2.90. The molecule has 0 aromatic carbocycles. The number of urea groups is 1. The van der Waals surface area contributed by atoms with Crippen LogP contribution in [0.4, 0.5) is 31.1 Å². The van der Waals surface area contributed by atoms with Crippen LogP contribution in [0.15, 0.2) is 0 Å². The molecular weight excluding hydrogens is 242 g/mol. The molecule has 2 amide bonds. The van der Waals surface area contributed by atoms with Gasteiger partial charge in [0.25, 0.3) is 0 Å². The molecule has 1 aliphatic heterocycles. The molecule has 3 nitrogen and oxygen atoms in total. The van der Waals surface area contributed by atoms with Crippen molar-refractivity contribution in [2.24, 2.45) is 11.8 Å². The monoisotopic (exact) mass is 248 g/mol. The van der Waals surface area contributed by atoms with Crippen LogP contribution in [0.25, 0.3) is 0 Å². The van der Waals surface area contributed by atoms with Gasteiger partial charge in [-0.2, -0.15) is 26.3 Å². The Morgan fingerprint density at radius 2 is 1.12 bits per heavy atom. The van der Waals surface area contributed by atoms with E-state index in [9.17, 15) is 31.1 Å². The summed E-state index contributed by atoms with van der Waals surface area (Å²) in [4.78, 5) is 10.7. The van der Waals surface area contributed by atoms with Crippen LogP contribution in [0.3, 0.4) is 0 Å². The summed E-state index contributed by atoms with van der Waals surface area (Å²) in [5.41, 5.74) is 0. The quantitative estimate of drug-likeness (QED) is 0.625. The molecule has 9 heteroatoms. The van der Waals surface area contributed by atoms with E-state index in [1.165, 1.54) is 0 Å². The van der Waals surface area contributed by atoms with Crippen molar-refractivity contribution in [1.82, 2.24) is 10.6 Å². The molecule has 1 saturated heterocycles. The molecule has 1 saturated carbocycles. The minimum absolute atomic E-state index is 0.990. The number of fused-ring (bicyclic) bond motifs is 1. The lowest BCUT2D eigenvalue weighted by Gasteiger charge is -2.48. The smallest absolute Gasteiger partial charge is 0.333 e. The molecule has 4 atom stereocenters. The van der Waals surface area contributed by atoms with Gasteiger partial charge in [0.2, 0.25) is 0 Å². The molecule has 2 aliphatic rings. The van der Waals surface area contributed by atoms with E-state index < -0.39 is 42.3 Å². The number of amides is 2. The summed E-state index contributed by atoms with van der Waals surface area (Å²) >= 11 is 0. The Labute approximate surface area is 85.2 Å². The molecule has 0 spiro atoms. The molecule has 92 valence electrons. The summed E-state index contributed by atoms with van der Waals surface area (Å²) in [6.45, 7) is 0. The first kappa shape index (κ1) is 11.3. The van der Waals surface area contributed by atoms with Crippen LogP contribution >= 0.6 is 0 Å². The van der Waals surface area contributed by atoms with Gasteiger partial charge in [-0.1, -0.05) is 0 Å². The third-order valence-electron chi connectivity index (χ3n) is 2.90. The number of rotatable bonds is 0. The van der Waals surface area contributed by atoms with Gasteiger partial charge in [0, 0.05) is 0 Å². The average Bonchev–Trinajstić information content (AvgIpc) is 2.26. The van der Waals surface area contributed by atoms with Gasteiger partial charge in [0.1, 0.15) is 0 Å². The van der Waals surface area contributed by atoms with Crippen molar-refractivity contribution in [3.63, 3.8) is 0 Å². The molecule has 0 unspecified atom stereocenters. The Balaban J connectivity index is 2.26. The molecule has 0 aromatic heterocycles. The highest BCUT2D eigenvalue weighted by molar-refractivity contribution is 5.78. The van der Waals surface area contributed by atoms with Crippen molar-refractivity contribution >= 4 is 6.03 Å². The lowest BCUT2D eigenvalue weighted by atomic mass is 9.65. The van der Waals surface area contributed by atoms with Crippen LogP contribution in [0.2, 0.25) is 0 Å². The summed E-state index contributed by atoms with van der Waals surface area (Å²) in [5, 5.41) is 3.68. The molecule has 1 heterocycles. The zero-order chi connectivity index (χ0) is 12.3. The van der Waals surface area contributed by atoms with Crippen molar-refractivity contribution in [2.75, 3.05) is 0 Å². The largest absolute Gasteiger partial charge is 0.394 e. The van der Waals surface area contributed by atoms with Gasteiger partial charge < -0.3 is 10.6 Å². The number of alkyl halides is 6. The topological polar surface area (TPSA) is 41.1 Å². The Bertz CT molecular complexity index is 294. The Morgan fingerprint density at radius 3 is 1.38 bits per heavy atom. The van der Waals surface area contributed by atoms with Crippen LogP contribution in [-0.4, -0.2) is 30.5 Å². The SMILES string of the molecule is O=C1N[C@@H]2[C@H](N1)[C@@H](C(F)(F)F)[C@@H]2C(F)(F)F. The minimum Gasteiger partial charge on any atom is -0.333 e. The van der Waals surface area contributed by atoms with Gasteiger partial charge in [-0.25, -0.2) is 4.79 Å². The van der Waals surface area contributed by atoms with Gasteiger partial charge in [0.05, 0.1) is 23.9 Å². The summed E-state index contributed by atoms with van der Waals surface area (Å²) in [5.74, 6) is -5.12. The van der Waals surface area contributed by atoms with Crippen molar-refractivity contribution in [1.29, 1.82) is 0 Å². The lowest BCUT2D eigenvalue weighted by molar-refractivity contribution is -0.297. The molecule has 2 rings (SSSR count). The van der Waals surface area contributed by atoms with Crippen molar-refractivity contribution in [2.45, 2.75) is 24.4 Å². The van der Waals surface area contributed by atoms with Crippen LogP contribution in [0.1, 0.15) is 0 Å². The van der Waals surface area contributed by atoms with Gasteiger partial charge in [-0.05, 0) is 0 Å². The highest BCUT2D eigenvalue weighted by Gasteiger charge is 2.72. The Kier molecular flexibility index (Phi) is 2.09. The maximum atomic E-state index is 12.4. The van der Waals surface area contributed by atoms with E-state index >= 15 is 0 Å². The first-order valence-electron chi connectivity index (χ1n) is 4.33. The van der Waals surface area contributed by atoms with Crippen LogP contribution in [0.5, 0.6) is 0 Å². The van der Waals surface area contributed by atoms with Gasteiger partial charge in [-0.15, -0.1) is 0 Å². The maximum Gasteiger partial charge on any atom is 0.394 e. The Morgan fingerprint density at radius 1 is 0.812 bits per heavy atom. The number of carbonyl (C=O) groups is 1. The van der Waals surface area contributed by atoms with Crippen molar-refractivity contribution in [3.8, 4) is 0 Å². The Hall–Kier alpha value is -1.15. The second-order valence-corrected chi connectivity index (χ2v) is 3.80. The number of halogens is 6. The van der Waals surface area contributed by atoms with Gasteiger partial charge in [-0.3, -0.25) is 0 Å². The second kappa shape index (κ2) is 2.95. The number of hydrogen-bond donors (Lipinski definition) is 2. The molecule has 0 aromatic rings. The summed E-state index contributed by atoms with van der Waals surface area (Å²) < 4.78 is 74.2. The fourth-order valence-electron chi connectivity index (χ4n) is 2.27. The van der Waals surface area contributed by atoms with E-state index in [0.717, 1.165) is 0 Å². The standard InChI is InChI=1S/C7H6F6N2O/c8-6(9,10)1-2(7(11,12)13)4-3(1)14-5(16)15-4/h1-4H,(H2,14,15,16)/t1-,2-,3-,4+/m0/s1. The molecule has 0 radical (unpaired) electrons. The summed E-state index contributed by atoms with van der Waals surface area (Å²) in [6.07, 6.45) is -9.94. The minimum atomic E-state index is -4.97. The highest BCUT2D eigenvalue weighted by Crippen LogP contribution is 2.53. The third kappa shape index (κ3) is 1.49. The van der Waals surface area contributed by atoms with E-state index in [0.29, 0.717) is 0 Å². The molecular formula is C7H6F6N2O. The molecule has 0 bridgehead atoms. The molecule has 1 aliphatic carbocycles. The fraction of sp³-hybridized carbons (Fsp3) is 0.857. The zero-order valence-corrected chi connectivity index (χ0v) is 7.49. The number of hydrogen-bond acceptors (Lipinski definition) is 1. The molecule has 2 fully saturated rings. The van der Waals surface area contributed by atoms with Crippen LogP contribution < -0.4 is 10.6 Å². The summed E-state index contributed by atoms with van der Waals surface area (Å²) in [6, 6.07) is -4.02. The van der Waals surface area contributed by atoms with E-state index in [2.05, 4.69) is 0 Å². The number of nitrogens with one attached hydrogen (secondary N) is 2.